The van der Waals surface area contributed by atoms with Gasteiger partial charge in [0.05, 0.1) is 14.2 Å². The number of rotatable bonds is 4. The van der Waals surface area contributed by atoms with Crippen LogP contribution in [0.15, 0.2) is 24.3 Å². The molecule has 0 amide bonds. The first-order valence-electron chi connectivity index (χ1n) is 9.11. The summed E-state index contributed by atoms with van der Waals surface area (Å²) in [4.78, 5) is 2.18. The normalized spacial score (nSPS) is 21.1. The Bertz CT molecular complexity index is 870. The Hall–Kier alpha value is -2.11. The number of likely N-dealkylation sites (N-methyl/N-ethyl adjacent to an activating group) is 1. The molecule has 2 aliphatic heterocycles. The van der Waals surface area contributed by atoms with Gasteiger partial charge in [0.1, 0.15) is 5.50 Å². The zero-order valence-corrected chi connectivity index (χ0v) is 16.8. The monoisotopic (exact) mass is 389 g/mol. The van der Waals surface area contributed by atoms with Gasteiger partial charge >= 0.3 is 0 Å². The topological polar surface area (TPSA) is 40.2 Å². The minimum Gasteiger partial charge on any atom is -0.493 e. The lowest BCUT2D eigenvalue weighted by Gasteiger charge is -2.39. The number of aryl methyl sites for hydroxylation is 1. The van der Waals surface area contributed by atoms with Crippen molar-refractivity contribution in [2.75, 3.05) is 28.1 Å². The van der Waals surface area contributed by atoms with Crippen molar-refractivity contribution < 1.29 is 18.9 Å². The lowest BCUT2D eigenvalue weighted by atomic mass is 9.86. The van der Waals surface area contributed by atoms with Crippen LogP contribution in [0.3, 0.4) is 0 Å². The molecule has 2 aromatic carbocycles. The van der Waals surface area contributed by atoms with Gasteiger partial charge in [-0.05, 0) is 54.8 Å². The first-order valence-corrected chi connectivity index (χ1v) is 9.54. The van der Waals surface area contributed by atoms with E-state index in [9.17, 15) is 0 Å². The molecule has 0 N–H and O–H groups in total. The van der Waals surface area contributed by atoms with Gasteiger partial charge < -0.3 is 18.9 Å². The highest BCUT2D eigenvalue weighted by atomic mass is 35.5. The van der Waals surface area contributed by atoms with Crippen LogP contribution in [0, 0.1) is 0 Å². The Morgan fingerprint density at radius 2 is 1.89 bits per heavy atom. The molecule has 0 saturated carbocycles. The molecule has 2 aromatic rings. The molecule has 0 saturated heterocycles. The van der Waals surface area contributed by atoms with Crippen molar-refractivity contribution in [2.24, 2.45) is 0 Å². The molecule has 144 valence electrons. The van der Waals surface area contributed by atoms with Crippen LogP contribution in [-0.2, 0) is 12.8 Å². The fourth-order valence-corrected chi connectivity index (χ4v) is 4.47. The quantitative estimate of drug-likeness (QED) is 0.570. The summed E-state index contributed by atoms with van der Waals surface area (Å²) >= 11 is 6.90. The van der Waals surface area contributed by atoms with Gasteiger partial charge in [0.25, 0.3) is 0 Å². The third kappa shape index (κ3) is 2.89. The van der Waals surface area contributed by atoms with Crippen molar-refractivity contribution in [2.45, 2.75) is 31.3 Å². The Kier molecular flexibility index (Phi) is 4.82. The molecule has 0 aromatic heterocycles. The fraction of sp³-hybridized carbons (Fsp3) is 0.429. The summed E-state index contributed by atoms with van der Waals surface area (Å²) in [6, 6.07) is 8.38. The van der Waals surface area contributed by atoms with Gasteiger partial charge in [-0.2, -0.15) is 0 Å². The smallest absolute Gasteiger partial charge is 0.231 e. The van der Waals surface area contributed by atoms with E-state index < -0.39 is 0 Å². The van der Waals surface area contributed by atoms with Crippen LogP contribution in [0.1, 0.15) is 40.7 Å². The lowest BCUT2D eigenvalue weighted by molar-refractivity contribution is 0.173. The second-order valence-corrected chi connectivity index (χ2v) is 7.27. The molecule has 5 nitrogen and oxygen atoms in total. The SMILES string of the molecule is CCc1cc2c(cc1C1Cc3ccc(OC)c(OC)c3C(Cl)N1C)OCO2. The number of hydrogen-bond acceptors (Lipinski definition) is 5. The maximum Gasteiger partial charge on any atom is 0.231 e. The summed E-state index contributed by atoms with van der Waals surface area (Å²) in [7, 11) is 5.35. The van der Waals surface area contributed by atoms with Gasteiger partial charge in [0, 0.05) is 11.6 Å². The number of nitrogens with zero attached hydrogens (tertiary/aromatic N) is 1. The van der Waals surface area contributed by atoms with Gasteiger partial charge in [-0.15, -0.1) is 11.6 Å². The maximum absolute atomic E-state index is 6.90. The molecular formula is C21H24ClNO4. The second-order valence-electron chi connectivity index (χ2n) is 6.85. The number of benzene rings is 2. The van der Waals surface area contributed by atoms with Crippen LogP contribution in [0.4, 0.5) is 0 Å². The molecule has 27 heavy (non-hydrogen) atoms. The molecule has 2 atom stereocenters. The number of halogens is 1. The minimum absolute atomic E-state index is 0.141. The van der Waals surface area contributed by atoms with E-state index in [0.717, 1.165) is 29.9 Å². The Balaban J connectivity index is 1.80. The predicted octanol–water partition coefficient (Wildman–Crippen LogP) is 4.46. The highest BCUT2D eigenvalue weighted by Gasteiger charge is 2.36. The fourth-order valence-electron chi connectivity index (χ4n) is 4.09. The molecule has 0 spiro atoms. The Labute approximate surface area is 164 Å². The molecule has 0 aliphatic carbocycles. The zero-order valence-electron chi connectivity index (χ0n) is 16.0. The average molecular weight is 390 g/mol. The summed E-state index contributed by atoms with van der Waals surface area (Å²) in [6.45, 7) is 2.43. The largest absolute Gasteiger partial charge is 0.493 e. The van der Waals surface area contributed by atoms with E-state index in [4.69, 9.17) is 30.5 Å². The highest BCUT2D eigenvalue weighted by Crippen LogP contribution is 2.49. The van der Waals surface area contributed by atoms with Gasteiger partial charge in [-0.3, -0.25) is 4.90 Å². The molecule has 2 heterocycles. The number of ether oxygens (including phenoxy) is 4. The highest BCUT2D eigenvalue weighted by molar-refractivity contribution is 6.21. The van der Waals surface area contributed by atoms with Crippen molar-refractivity contribution in [3.63, 3.8) is 0 Å². The predicted molar refractivity (Wildman–Crippen MR) is 104 cm³/mol. The summed E-state index contributed by atoms with van der Waals surface area (Å²) in [5.74, 6) is 3.04. The van der Waals surface area contributed by atoms with E-state index in [0.29, 0.717) is 11.5 Å². The van der Waals surface area contributed by atoms with Gasteiger partial charge in [0.2, 0.25) is 6.79 Å². The Morgan fingerprint density at radius 1 is 1.15 bits per heavy atom. The lowest BCUT2D eigenvalue weighted by Crippen LogP contribution is -2.34. The maximum atomic E-state index is 6.90. The van der Waals surface area contributed by atoms with Crippen molar-refractivity contribution in [3.8, 4) is 23.0 Å². The molecule has 2 aliphatic rings. The van der Waals surface area contributed by atoms with E-state index in [-0.39, 0.29) is 18.3 Å². The van der Waals surface area contributed by atoms with Gasteiger partial charge in [-0.1, -0.05) is 13.0 Å². The summed E-state index contributed by atoms with van der Waals surface area (Å²) in [6.07, 6.45) is 1.75. The molecule has 6 heteroatoms. The third-order valence-corrected chi connectivity index (χ3v) is 6.08. The molecular weight excluding hydrogens is 366 g/mol. The first kappa shape index (κ1) is 18.3. The average Bonchev–Trinajstić information content (AvgIpc) is 3.16. The van der Waals surface area contributed by atoms with E-state index in [2.05, 4.69) is 30.0 Å². The molecule has 0 radical (unpaired) electrons. The number of fused-ring (bicyclic) bond motifs is 2. The van der Waals surface area contributed by atoms with Gasteiger partial charge in [0.15, 0.2) is 23.0 Å². The van der Waals surface area contributed by atoms with E-state index >= 15 is 0 Å². The second kappa shape index (κ2) is 7.13. The standard InChI is InChI=1S/C21H24ClNO4/c1-5-12-9-17-18(27-11-26-17)10-14(12)15-8-13-6-7-16(24-3)20(25-4)19(13)21(22)23(15)2/h6-7,9-10,15,21H,5,8,11H2,1-4H3. The van der Waals surface area contributed by atoms with Crippen LogP contribution >= 0.6 is 11.6 Å². The molecule has 2 unspecified atom stereocenters. The summed E-state index contributed by atoms with van der Waals surface area (Å²) in [5, 5.41) is 0. The first-order chi connectivity index (χ1) is 13.1. The molecule has 0 fully saturated rings. The number of methoxy groups -OCH3 is 2. The molecule has 0 bridgehead atoms. The number of alkyl halides is 1. The van der Waals surface area contributed by atoms with E-state index in [1.807, 2.05) is 13.1 Å². The van der Waals surface area contributed by atoms with Crippen molar-refractivity contribution in [3.05, 3.63) is 46.5 Å². The van der Waals surface area contributed by atoms with Crippen molar-refractivity contribution in [1.82, 2.24) is 4.90 Å². The summed E-state index contributed by atoms with van der Waals surface area (Å²) in [5.41, 5.74) is 4.32. The van der Waals surface area contributed by atoms with Crippen LogP contribution in [0.25, 0.3) is 0 Å². The van der Waals surface area contributed by atoms with Crippen LogP contribution in [0.2, 0.25) is 0 Å². The Morgan fingerprint density at radius 3 is 2.56 bits per heavy atom. The number of hydrogen-bond donors (Lipinski definition) is 0. The van der Waals surface area contributed by atoms with E-state index in [1.54, 1.807) is 14.2 Å². The van der Waals surface area contributed by atoms with Gasteiger partial charge in [-0.25, -0.2) is 0 Å². The molecule has 4 rings (SSSR count). The van der Waals surface area contributed by atoms with Crippen LogP contribution < -0.4 is 18.9 Å². The summed E-state index contributed by atoms with van der Waals surface area (Å²) < 4.78 is 22.2. The van der Waals surface area contributed by atoms with Crippen LogP contribution in [0.5, 0.6) is 23.0 Å². The third-order valence-electron chi connectivity index (χ3n) is 5.55. The van der Waals surface area contributed by atoms with E-state index in [1.165, 1.54) is 16.7 Å². The van der Waals surface area contributed by atoms with Crippen LogP contribution in [-0.4, -0.2) is 33.0 Å². The zero-order chi connectivity index (χ0) is 19.1. The minimum atomic E-state index is -0.320. The van der Waals surface area contributed by atoms with Crippen molar-refractivity contribution in [1.29, 1.82) is 0 Å². The van der Waals surface area contributed by atoms with Crippen molar-refractivity contribution >= 4 is 11.6 Å².